The first-order chi connectivity index (χ1) is 22.8. The van der Waals surface area contributed by atoms with E-state index < -0.39 is 0 Å². The molecule has 2 aromatic carbocycles. The summed E-state index contributed by atoms with van der Waals surface area (Å²) < 4.78 is 14.0. The van der Waals surface area contributed by atoms with Crippen molar-refractivity contribution in [1.29, 1.82) is 0 Å². The van der Waals surface area contributed by atoms with Crippen molar-refractivity contribution in [1.82, 2.24) is 34.8 Å². The second kappa shape index (κ2) is 13.5. The van der Waals surface area contributed by atoms with Crippen LogP contribution < -0.4 is 4.74 Å². The summed E-state index contributed by atoms with van der Waals surface area (Å²) in [5, 5.41) is 13.8. The molecule has 2 aromatic heterocycles. The minimum Gasteiger partial charge on any atom is -0.457 e. The van der Waals surface area contributed by atoms with Crippen LogP contribution in [0, 0.1) is 5.92 Å². The van der Waals surface area contributed by atoms with E-state index in [1.165, 1.54) is 12.8 Å². The van der Waals surface area contributed by atoms with E-state index >= 15 is 0 Å². The van der Waals surface area contributed by atoms with Crippen molar-refractivity contribution in [2.75, 3.05) is 33.4 Å². The summed E-state index contributed by atoms with van der Waals surface area (Å²) in [6, 6.07) is 18.8. The highest BCUT2D eigenvalue weighted by Crippen LogP contribution is 2.37. The molecule has 2 unspecified atom stereocenters. The number of amides is 1. The predicted molar refractivity (Wildman–Crippen MR) is 180 cm³/mol. The summed E-state index contributed by atoms with van der Waals surface area (Å²) in [4.78, 5) is 22.4. The van der Waals surface area contributed by atoms with Crippen molar-refractivity contribution in [2.45, 2.75) is 77.4 Å². The van der Waals surface area contributed by atoms with Gasteiger partial charge in [-0.2, -0.15) is 15.3 Å². The number of hydrogen-bond acceptors (Lipinski definition) is 8. The van der Waals surface area contributed by atoms with Gasteiger partial charge >= 0.3 is 0 Å². The Labute approximate surface area is 277 Å². The van der Waals surface area contributed by atoms with Crippen LogP contribution in [0.15, 0.2) is 54.6 Å². The average Bonchev–Trinajstić information content (AvgIpc) is 3.50. The van der Waals surface area contributed by atoms with Crippen molar-refractivity contribution in [3.63, 3.8) is 0 Å². The lowest BCUT2D eigenvalue weighted by Crippen LogP contribution is -2.24. The summed E-state index contributed by atoms with van der Waals surface area (Å²) in [5.41, 5.74) is 4.59. The van der Waals surface area contributed by atoms with Gasteiger partial charge in [0.05, 0.1) is 24.5 Å². The minimum absolute atomic E-state index is 0.182. The molecule has 4 heterocycles. The molecule has 2 aliphatic heterocycles. The van der Waals surface area contributed by atoms with Crippen LogP contribution in [0.2, 0.25) is 0 Å². The molecule has 0 radical (unpaired) electrons. The van der Waals surface area contributed by atoms with Crippen molar-refractivity contribution in [3.8, 4) is 34.1 Å². The Kier molecular flexibility index (Phi) is 9.05. The maximum absolute atomic E-state index is 12.7. The standard InChI is InChI=1S/C37H45N7O3/c1-24(2)32-13-14-33(40-39-32)26-7-11-31(12-8-26)47-34-20-27(5-6-28(34)22-43-21-25(3)19-35(43)45)36-38-37(44(41-36)17-18-46-4)29-15-16-42(23-29)30-9-10-30/h5-8,11-14,20,24-25,29-30H,9-10,15-19,21-23H2,1-4H3. The Morgan fingerprint density at radius 3 is 2.45 bits per heavy atom. The van der Waals surface area contributed by atoms with Crippen LogP contribution >= 0.6 is 0 Å². The zero-order chi connectivity index (χ0) is 32.5. The quantitative estimate of drug-likeness (QED) is 0.179. The van der Waals surface area contributed by atoms with Gasteiger partial charge in [0.25, 0.3) is 0 Å². The number of hydrogen-bond donors (Lipinski definition) is 0. The van der Waals surface area contributed by atoms with E-state index in [0.717, 1.165) is 66.0 Å². The fourth-order valence-electron chi connectivity index (χ4n) is 6.76. The molecular formula is C37H45N7O3. The van der Waals surface area contributed by atoms with Crippen molar-refractivity contribution in [3.05, 3.63) is 71.7 Å². The number of rotatable bonds is 12. The molecule has 7 rings (SSSR count). The Hall–Kier alpha value is -4.15. The van der Waals surface area contributed by atoms with Crippen LogP contribution in [0.5, 0.6) is 11.5 Å². The van der Waals surface area contributed by atoms with E-state index in [1.807, 2.05) is 52.0 Å². The lowest BCUT2D eigenvalue weighted by atomic mass is 10.1. The molecule has 1 amide bonds. The molecule has 1 aliphatic carbocycles. The van der Waals surface area contributed by atoms with Gasteiger partial charge in [-0.05, 0) is 80.1 Å². The molecule has 2 atom stereocenters. The monoisotopic (exact) mass is 635 g/mol. The van der Waals surface area contributed by atoms with Gasteiger partial charge in [-0.25, -0.2) is 9.67 Å². The van der Waals surface area contributed by atoms with Gasteiger partial charge in [0.2, 0.25) is 5.91 Å². The van der Waals surface area contributed by atoms with Gasteiger partial charge in [-0.3, -0.25) is 9.69 Å². The van der Waals surface area contributed by atoms with Crippen molar-refractivity contribution >= 4 is 5.91 Å². The first kappa shape index (κ1) is 31.4. The van der Waals surface area contributed by atoms with E-state index in [0.29, 0.717) is 61.2 Å². The van der Waals surface area contributed by atoms with Gasteiger partial charge in [0, 0.05) is 61.8 Å². The molecule has 47 heavy (non-hydrogen) atoms. The summed E-state index contributed by atoms with van der Waals surface area (Å²) in [5.74, 6) is 4.33. The first-order valence-electron chi connectivity index (χ1n) is 17.0. The largest absolute Gasteiger partial charge is 0.457 e. The maximum atomic E-state index is 12.7. The summed E-state index contributed by atoms with van der Waals surface area (Å²) in [6.45, 7) is 11.0. The highest BCUT2D eigenvalue weighted by Gasteiger charge is 2.37. The molecular weight excluding hydrogens is 590 g/mol. The van der Waals surface area contributed by atoms with Gasteiger partial charge in [-0.1, -0.05) is 32.9 Å². The van der Waals surface area contributed by atoms with E-state index in [4.69, 9.17) is 19.6 Å². The molecule has 0 bridgehead atoms. The zero-order valence-electron chi connectivity index (χ0n) is 27.9. The third-order valence-electron chi connectivity index (χ3n) is 9.60. The minimum atomic E-state index is 0.182. The Balaban J connectivity index is 1.17. The highest BCUT2D eigenvalue weighted by molar-refractivity contribution is 5.78. The van der Waals surface area contributed by atoms with E-state index in [9.17, 15) is 4.79 Å². The summed E-state index contributed by atoms with van der Waals surface area (Å²) in [6.07, 6.45) is 4.31. The van der Waals surface area contributed by atoms with Crippen molar-refractivity contribution < 1.29 is 14.3 Å². The van der Waals surface area contributed by atoms with E-state index in [1.54, 1.807) is 7.11 Å². The number of ether oxygens (including phenoxy) is 2. The first-order valence-corrected chi connectivity index (χ1v) is 17.0. The Morgan fingerprint density at radius 1 is 0.957 bits per heavy atom. The lowest BCUT2D eigenvalue weighted by Gasteiger charge is -2.19. The van der Waals surface area contributed by atoms with Crippen LogP contribution in [0.4, 0.5) is 0 Å². The second-order valence-corrected chi connectivity index (χ2v) is 13.8. The molecule has 10 heteroatoms. The summed E-state index contributed by atoms with van der Waals surface area (Å²) in [7, 11) is 1.72. The molecule has 3 aliphatic rings. The van der Waals surface area contributed by atoms with Crippen molar-refractivity contribution in [2.24, 2.45) is 5.92 Å². The van der Waals surface area contributed by atoms with Gasteiger partial charge in [-0.15, -0.1) is 0 Å². The van der Waals surface area contributed by atoms with Gasteiger partial charge < -0.3 is 14.4 Å². The Bertz CT molecular complexity index is 1700. The SMILES string of the molecule is COCCn1nc(-c2ccc(CN3CC(C)CC3=O)c(Oc3ccc(-c4ccc(C(C)C)nn4)cc3)c2)nc1C1CCN(C2CC2)C1. The zero-order valence-corrected chi connectivity index (χ0v) is 27.9. The second-order valence-electron chi connectivity index (χ2n) is 13.8. The maximum Gasteiger partial charge on any atom is 0.223 e. The smallest absolute Gasteiger partial charge is 0.223 e. The fraction of sp³-hybridized carbons (Fsp3) is 0.486. The normalized spacial score (nSPS) is 20.1. The number of carbonyl (C=O) groups excluding carboxylic acids is 1. The van der Waals surface area contributed by atoms with Crippen LogP contribution in [-0.2, 0) is 22.6 Å². The molecule has 0 spiro atoms. The lowest BCUT2D eigenvalue weighted by molar-refractivity contribution is -0.128. The number of aromatic nitrogens is 5. The van der Waals surface area contributed by atoms with Crippen LogP contribution in [0.3, 0.4) is 0 Å². The third-order valence-corrected chi connectivity index (χ3v) is 9.60. The molecule has 10 nitrogen and oxygen atoms in total. The Morgan fingerprint density at radius 2 is 1.77 bits per heavy atom. The molecule has 4 aromatic rings. The van der Waals surface area contributed by atoms with Gasteiger partial charge in [0.15, 0.2) is 5.82 Å². The summed E-state index contributed by atoms with van der Waals surface area (Å²) >= 11 is 0. The molecule has 246 valence electrons. The topological polar surface area (TPSA) is 98.5 Å². The number of methoxy groups -OCH3 is 1. The molecule has 1 saturated carbocycles. The van der Waals surface area contributed by atoms with Crippen LogP contribution in [0.1, 0.15) is 75.4 Å². The van der Waals surface area contributed by atoms with Crippen LogP contribution in [0.25, 0.3) is 22.6 Å². The number of likely N-dealkylation sites (tertiary alicyclic amines) is 2. The number of carbonyl (C=O) groups is 1. The van der Waals surface area contributed by atoms with Gasteiger partial charge in [0.1, 0.15) is 17.3 Å². The van der Waals surface area contributed by atoms with E-state index in [-0.39, 0.29) is 5.91 Å². The third kappa shape index (κ3) is 7.09. The average molecular weight is 636 g/mol. The predicted octanol–water partition coefficient (Wildman–Crippen LogP) is 6.28. The highest BCUT2D eigenvalue weighted by atomic mass is 16.5. The van der Waals surface area contributed by atoms with Crippen LogP contribution in [-0.4, -0.2) is 80.1 Å². The fourth-order valence-corrected chi connectivity index (χ4v) is 6.76. The number of benzene rings is 2. The molecule has 2 saturated heterocycles. The van der Waals surface area contributed by atoms with E-state index in [2.05, 4.69) is 48.0 Å². The molecule has 3 fully saturated rings. The number of nitrogens with zero attached hydrogens (tertiary/aromatic N) is 7. The molecule has 0 N–H and O–H groups in total.